The molecule has 0 aromatic heterocycles. The van der Waals surface area contributed by atoms with E-state index in [1.54, 1.807) is 5.01 Å². The number of hydrogen-bond acceptors (Lipinski definition) is 9. The van der Waals surface area contributed by atoms with Crippen LogP contribution in [-0.2, 0) is 9.53 Å². The second kappa shape index (κ2) is 11.9. The number of hydrogen-bond donors (Lipinski definition) is 5. The van der Waals surface area contributed by atoms with Crippen molar-refractivity contribution in [3.63, 3.8) is 0 Å². The van der Waals surface area contributed by atoms with Crippen LogP contribution in [0.15, 0.2) is 24.6 Å². The van der Waals surface area contributed by atoms with Gasteiger partial charge in [-0.15, -0.1) is 5.53 Å². The average Bonchev–Trinajstić information content (AvgIpc) is 3.44. The summed E-state index contributed by atoms with van der Waals surface area (Å²) in [6, 6.07) is -0.448. The van der Waals surface area contributed by atoms with Crippen molar-refractivity contribution in [2.45, 2.75) is 108 Å². The van der Waals surface area contributed by atoms with Gasteiger partial charge in [-0.05, 0) is 58.1 Å². The van der Waals surface area contributed by atoms with Gasteiger partial charge in [0.15, 0.2) is 0 Å². The minimum Gasteiger partial charge on any atom is -0.376 e. The van der Waals surface area contributed by atoms with Crippen molar-refractivity contribution in [3.05, 3.63) is 24.6 Å². The van der Waals surface area contributed by atoms with E-state index in [1.807, 2.05) is 22.9 Å². The zero-order chi connectivity index (χ0) is 29.7. The molecule has 5 N–H and O–H groups in total. The van der Waals surface area contributed by atoms with Gasteiger partial charge in [-0.1, -0.05) is 20.4 Å². The minimum absolute atomic E-state index is 0.0294. The summed E-state index contributed by atoms with van der Waals surface area (Å²) in [6.45, 7) is 14.6. The Morgan fingerprint density at radius 3 is 2.76 bits per heavy atom. The largest absolute Gasteiger partial charge is 0.376 e. The molecule has 0 radical (unpaired) electrons. The molecule has 0 spiro atoms. The number of piperazine rings is 1. The van der Waals surface area contributed by atoms with Gasteiger partial charge in [0, 0.05) is 55.6 Å². The van der Waals surface area contributed by atoms with E-state index in [1.165, 1.54) is 6.08 Å². The normalized spacial score (nSPS) is 41.0. The van der Waals surface area contributed by atoms with E-state index in [4.69, 9.17) is 4.74 Å². The monoisotopic (exact) mass is 589 g/mol. The summed E-state index contributed by atoms with van der Waals surface area (Å²) in [5.41, 5.74) is 7.30. The fourth-order valence-corrected chi connectivity index (χ4v) is 8.04. The van der Waals surface area contributed by atoms with Gasteiger partial charge in [0.25, 0.3) is 0 Å². The van der Waals surface area contributed by atoms with Crippen LogP contribution in [0.1, 0.15) is 53.4 Å². The van der Waals surface area contributed by atoms with Crippen LogP contribution in [0.2, 0.25) is 0 Å². The molecule has 6 aliphatic rings. The lowest BCUT2D eigenvalue weighted by Gasteiger charge is -2.59. The third-order valence-corrected chi connectivity index (χ3v) is 10.1. The second-order valence-electron chi connectivity index (χ2n) is 13.2. The van der Waals surface area contributed by atoms with E-state index < -0.39 is 18.5 Å². The van der Waals surface area contributed by atoms with Crippen LogP contribution in [0.25, 0.3) is 0 Å². The summed E-state index contributed by atoms with van der Waals surface area (Å²) < 4.78 is 22.8. The standard InChI is InChI=1S/C29H48FN9O3/c1-6-23(40)36-13-18(5)37(14-17(36)4)26-20-12-21(30)28-32-27(20)39(29(41)33-26)25-22(9-10-31-24(25)16(2)3)42-11-7-8-19-15-38(28)35-34-19/h6,15-18,20-22,24-28,31-32,34-35H,1,7-14H2,2-5H3,(H,33,41)/t17-,18+,20?,21?,22?,24?,25?,26?,27?,28?/m1/s1. The molecule has 234 valence electrons. The molecule has 0 saturated carbocycles. The van der Waals surface area contributed by atoms with E-state index in [0.29, 0.717) is 19.7 Å². The number of nitrogens with one attached hydrogen (secondary N) is 5. The Balaban J connectivity index is 1.37. The van der Waals surface area contributed by atoms with Gasteiger partial charge in [0.1, 0.15) is 12.3 Å². The molecule has 0 aromatic carbocycles. The first-order chi connectivity index (χ1) is 20.2. The van der Waals surface area contributed by atoms with E-state index in [-0.39, 0.29) is 66.6 Å². The number of piperidine rings is 2. The fourth-order valence-electron chi connectivity index (χ4n) is 8.04. The van der Waals surface area contributed by atoms with Gasteiger partial charge in [0.05, 0.1) is 24.5 Å². The van der Waals surface area contributed by atoms with Crippen LogP contribution in [-0.4, -0.2) is 113 Å². The highest BCUT2D eigenvalue weighted by atomic mass is 19.1. The van der Waals surface area contributed by atoms with E-state index >= 15 is 4.39 Å². The predicted octanol–water partition coefficient (Wildman–Crippen LogP) is 0.776. The van der Waals surface area contributed by atoms with Crippen LogP contribution >= 0.6 is 0 Å². The molecule has 6 aliphatic heterocycles. The van der Waals surface area contributed by atoms with Crippen molar-refractivity contribution in [1.82, 2.24) is 46.6 Å². The van der Waals surface area contributed by atoms with E-state index in [0.717, 1.165) is 31.5 Å². The zero-order valence-electron chi connectivity index (χ0n) is 25.3. The summed E-state index contributed by atoms with van der Waals surface area (Å²) in [5, 5.41) is 12.4. The molecule has 6 rings (SSSR count). The Kier molecular flexibility index (Phi) is 8.40. The van der Waals surface area contributed by atoms with Gasteiger partial charge in [-0.3, -0.25) is 20.0 Å². The smallest absolute Gasteiger partial charge is 0.320 e. The topological polar surface area (TPSA) is 116 Å². The number of fused-ring (bicyclic) bond motifs is 5. The summed E-state index contributed by atoms with van der Waals surface area (Å²) >= 11 is 0. The highest BCUT2D eigenvalue weighted by Crippen LogP contribution is 2.38. The number of halogens is 1. The number of allylic oxidation sites excluding steroid dienone is 1. The molecule has 10 atom stereocenters. The maximum atomic E-state index is 16.2. The van der Waals surface area contributed by atoms with Crippen molar-refractivity contribution in [1.29, 1.82) is 0 Å². The van der Waals surface area contributed by atoms with Crippen molar-refractivity contribution in [2.24, 2.45) is 11.8 Å². The number of alkyl halides is 1. The molecule has 0 aliphatic carbocycles. The molecule has 3 amide bonds. The SMILES string of the molecule is C=CC(=O)N1C[C@H](C)N(C2NC(=O)N3C4NC(C(F)CC42)N2C=C(CCCOC4CCNC(C(C)C)C43)NN2)C[C@H]1C. The third-order valence-electron chi connectivity index (χ3n) is 10.1. The van der Waals surface area contributed by atoms with Crippen molar-refractivity contribution >= 4 is 11.9 Å². The predicted molar refractivity (Wildman–Crippen MR) is 156 cm³/mol. The van der Waals surface area contributed by atoms with Crippen LogP contribution < -0.4 is 26.9 Å². The number of carbonyl (C=O) groups excluding carboxylic acids is 2. The number of urea groups is 1. The lowest BCUT2D eigenvalue weighted by molar-refractivity contribution is -0.139. The third kappa shape index (κ3) is 5.27. The van der Waals surface area contributed by atoms with Crippen LogP contribution in [0.4, 0.5) is 9.18 Å². The number of amides is 3. The molecule has 13 heteroatoms. The quantitative estimate of drug-likeness (QED) is 0.305. The Labute approximate surface area is 248 Å². The summed E-state index contributed by atoms with van der Waals surface area (Å²) in [7, 11) is 0. The number of hydrazine groups is 2. The van der Waals surface area contributed by atoms with Crippen molar-refractivity contribution in [2.75, 3.05) is 26.2 Å². The first-order valence-electron chi connectivity index (χ1n) is 15.7. The van der Waals surface area contributed by atoms with Gasteiger partial charge in [-0.2, -0.15) is 0 Å². The number of carbonyl (C=O) groups is 2. The van der Waals surface area contributed by atoms with Crippen LogP contribution in [0.3, 0.4) is 0 Å². The van der Waals surface area contributed by atoms with Crippen molar-refractivity contribution in [3.8, 4) is 0 Å². The molecule has 4 bridgehead atoms. The zero-order valence-corrected chi connectivity index (χ0v) is 25.3. The van der Waals surface area contributed by atoms with Crippen LogP contribution in [0.5, 0.6) is 0 Å². The molecular weight excluding hydrogens is 541 g/mol. The Hall–Kier alpha value is -2.45. The summed E-state index contributed by atoms with van der Waals surface area (Å²) in [5.74, 6) is -0.0613. The first kappa shape index (κ1) is 29.6. The maximum absolute atomic E-state index is 16.2. The van der Waals surface area contributed by atoms with Gasteiger partial charge in [-0.25, -0.2) is 9.18 Å². The van der Waals surface area contributed by atoms with Gasteiger partial charge in [0.2, 0.25) is 5.91 Å². The van der Waals surface area contributed by atoms with Crippen molar-refractivity contribution < 1.29 is 18.7 Å². The summed E-state index contributed by atoms with van der Waals surface area (Å²) in [6.07, 6.45) is 3.19. The lowest BCUT2D eigenvalue weighted by Crippen LogP contribution is -2.81. The number of ether oxygens (including phenoxy) is 1. The Bertz CT molecular complexity index is 1080. The highest BCUT2D eigenvalue weighted by molar-refractivity contribution is 5.87. The maximum Gasteiger partial charge on any atom is 0.320 e. The van der Waals surface area contributed by atoms with Gasteiger partial charge >= 0.3 is 6.03 Å². The van der Waals surface area contributed by atoms with Gasteiger partial charge < -0.3 is 30.6 Å². The Morgan fingerprint density at radius 2 is 2.00 bits per heavy atom. The molecule has 4 saturated heterocycles. The molecular formula is C29H48FN9O3. The second-order valence-corrected chi connectivity index (χ2v) is 13.2. The van der Waals surface area contributed by atoms with E-state index in [9.17, 15) is 9.59 Å². The van der Waals surface area contributed by atoms with E-state index in [2.05, 4.69) is 59.2 Å². The van der Waals surface area contributed by atoms with Crippen LogP contribution in [0, 0.1) is 11.8 Å². The molecule has 12 nitrogen and oxygen atoms in total. The highest BCUT2D eigenvalue weighted by Gasteiger charge is 2.56. The molecule has 6 heterocycles. The summed E-state index contributed by atoms with van der Waals surface area (Å²) in [4.78, 5) is 32.9. The Morgan fingerprint density at radius 1 is 1.19 bits per heavy atom. The fraction of sp³-hybridized carbons (Fsp3) is 0.793. The average molecular weight is 590 g/mol. The molecule has 0 aromatic rings. The molecule has 8 unspecified atom stereocenters. The molecule has 42 heavy (non-hydrogen) atoms. The first-order valence-corrected chi connectivity index (χ1v) is 15.7. The lowest BCUT2D eigenvalue weighted by atomic mass is 9.81. The minimum atomic E-state index is -1.19. The molecule has 4 fully saturated rings. The number of nitrogens with zero attached hydrogens (tertiary/aromatic N) is 4. The number of rotatable bonds is 3.